The van der Waals surface area contributed by atoms with Crippen LogP contribution in [-0.4, -0.2) is 31.9 Å². The maximum atomic E-state index is 12.7. The highest BCUT2D eigenvalue weighted by atomic mass is 16.4. The predicted molar refractivity (Wildman–Crippen MR) is 91.3 cm³/mol. The molecular weight excluding hydrogens is 338 g/mol. The maximum absolute atomic E-state index is 12.7. The number of aromatic amines is 1. The van der Waals surface area contributed by atoms with Crippen LogP contribution in [-0.2, 0) is 16.2 Å². The topological polar surface area (TPSA) is 120 Å². The zero-order valence-corrected chi connectivity index (χ0v) is 13.8. The Kier molecular flexibility index (Phi) is 3.62. The Morgan fingerprint density at radius 2 is 2.15 bits per heavy atom. The highest BCUT2D eigenvalue weighted by molar-refractivity contribution is 6.16. The number of furan rings is 1. The second-order valence-corrected chi connectivity index (χ2v) is 5.96. The zero-order valence-electron chi connectivity index (χ0n) is 13.8. The minimum Gasteiger partial charge on any atom is -0.503 e. The normalized spacial score (nSPS) is 17.5. The standard InChI is InChI=1S/C18H15N3O5/c1-9(23)15-16(14-5-3-11(7-22)26-14)21(18(25)17(15)24)10-2-4-12-13(6-10)20-8-19-12/h2-6,8,16,22,24H,7H2,1H3,(H,19,20). The van der Waals surface area contributed by atoms with Crippen molar-refractivity contribution in [3.63, 3.8) is 0 Å². The van der Waals surface area contributed by atoms with Gasteiger partial charge in [0.1, 0.15) is 24.2 Å². The number of benzene rings is 1. The number of H-pyrrole nitrogens is 1. The molecule has 1 aromatic carbocycles. The van der Waals surface area contributed by atoms with Crippen molar-refractivity contribution in [2.75, 3.05) is 4.90 Å². The van der Waals surface area contributed by atoms with Crippen LogP contribution < -0.4 is 4.90 Å². The van der Waals surface area contributed by atoms with Crippen LogP contribution in [0.15, 0.2) is 52.4 Å². The molecule has 0 saturated heterocycles. The molecule has 1 atom stereocenters. The lowest BCUT2D eigenvalue weighted by molar-refractivity contribution is -0.117. The molecule has 132 valence electrons. The third-order valence-electron chi connectivity index (χ3n) is 4.38. The van der Waals surface area contributed by atoms with Gasteiger partial charge >= 0.3 is 0 Å². The molecule has 4 rings (SSSR count). The van der Waals surface area contributed by atoms with Crippen molar-refractivity contribution in [1.29, 1.82) is 0 Å². The van der Waals surface area contributed by atoms with E-state index in [0.717, 1.165) is 5.52 Å². The number of nitrogens with zero attached hydrogens (tertiary/aromatic N) is 2. The molecule has 1 aliphatic heterocycles. The Morgan fingerprint density at radius 3 is 2.85 bits per heavy atom. The average Bonchev–Trinajstić information content (AvgIpc) is 3.33. The number of amides is 1. The molecule has 8 heteroatoms. The van der Waals surface area contributed by atoms with E-state index in [1.54, 1.807) is 30.3 Å². The number of imidazole rings is 1. The van der Waals surface area contributed by atoms with Crippen LogP contribution in [0.3, 0.4) is 0 Å². The van der Waals surface area contributed by atoms with Crippen LogP contribution in [0.5, 0.6) is 0 Å². The number of hydrogen-bond acceptors (Lipinski definition) is 6. The van der Waals surface area contributed by atoms with Crippen LogP contribution in [0, 0.1) is 0 Å². The van der Waals surface area contributed by atoms with Gasteiger partial charge in [-0.3, -0.25) is 14.5 Å². The highest BCUT2D eigenvalue weighted by Gasteiger charge is 2.45. The van der Waals surface area contributed by atoms with E-state index < -0.39 is 23.5 Å². The minimum absolute atomic E-state index is 0.0454. The molecule has 3 heterocycles. The van der Waals surface area contributed by atoms with Gasteiger partial charge in [0.15, 0.2) is 11.5 Å². The lowest BCUT2D eigenvalue weighted by atomic mass is 10.0. The van der Waals surface area contributed by atoms with Crippen molar-refractivity contribution in [2.45, 2.75) is 19.6 Å². The van der Waals surface area contributed by atoms with E-state index >= 15 is 0 Å². The van der Waals surface area contributed by atoms with E-state index in [2.05, 4.69) is 9.97 Å². The van der Waals surface area contributed by atoms with Crippen molar-refractivity contribution >= 4 is 28.4 Å². The lowest BCUT2D eigenvalue weighted by Crippen LogP contribution is -2.30. The van der Waals surface area contributed by atoms with Crippen LogP contribution in [0.4, 0.5) is 5.69 Å². The van der Waals surface area contributed by atoms with Gasteiger partial charge in [-0.1, -0.05) is 0 Å². The molecule has 3 N–H and O–H groups in total. The molecule has 0 spiro atoms. The van der Waals surface area contributed by atoms with Gasteiger partial charge in [0.25, 0.3) is 5.91 Å². The fourth-order valence-corrected chi connectivity index (χ4v) is 3.20. The number of carbonyl (C=O) groups excluding carboxylic acids is 2. The van der Waals surface area contributed by atoms with E-state index in [9.17, 15) is 19.8 Å². The Hall–Kier alpha value is -3.39. The van der Waals surface area contributed by atoms with E-state index in [-0.39, 0.29) is 17.9 Å². The van der Waals surface area contributed by atoms with Gasteiger partial charge in [0.2, 0.25) is 0 Å². The molecular formula is C18H15N3O5. The summed E-state index contributed by atoms with van der Waals surface area (Å²) in [6.07, 6.45) is 1.54. The summed E-state index contributed by atoms with van der Waals surface area (Å²) in [5.74, 6) is -1.17. The molecule has 3 aromatic rings. The number of Topliss-reactive ketones (excluding diaryl/α,β-unsaturated/α-hetero) is 1. The van der Waals surface area contributed by atoms with Crippen LogP contribution in [0.1, 0.15) is 24.5 Å². The lowest BCUT2D eigenvalue weighted by Gasteiger charge is -2.24. The third-order valence-corrected chi connectivity index (χ3v) is 4.38. The number of ketones is 1. The first-order chi connectivity index (χ1) is 12.5. The second kappa shape index (κ2) is 5.85. The number of aliphatic hydroxyl groups is 2. The summed E-state index contributed by atoms with van der Waals surface area (Å²) in [7, 11) is 0. The Balaban J connectivity index is 1.88. The number of hydrogen-bond donors (Lipinski definition) is 3. The Labute approximate surface area is 147 Å². The number of aromatic nitrogens is 2. The van der Waals surface area contributed by atoms with Crippen LogP contribution in [0.25, 0.3) is 11.0 Å². The van der Waals surface area contributed by atoms with Crippen molar-refractivity contribution in [3.05, 3.63) is 59.5 Å². The molecule has 0 bridgehead atoms. The van der Waals surface area contributed by atoms with Crippen molar-refractivity contribution < 1.29 is 24.2 Å². The summed E-state index contributed by atoms with van der Waals surface area (Å²) in [4.78, 5) is 33.2. The molecule has 0 aliphatic carbocycles. The number of fused-ring (bicyclic) bond motifs is 1. The first kappa shape index (κ1) is 16.1. The van der Waals surface area contributed by atoms with Gasteiger partial charge in [-0.2, -0.15) is 0 Å². The summed E-state index contributed by atoms with van der Waals surface area (Å²) in [6, 6.07) is 7.34. The average molecular weight is 353 g/mol. The summed E-state index contributed by atoms with van der Waals surface area (Å²) in [6.45, 7) is 0.965. The number of aliphatic hydroxyl groups excluding tert-OH is 2. The summed E-state index contributed by atoms with van der Waals surface area (Å²) in [5.41, 5.74) is 1.85. The molecule has 1 aliphatic rings. The van der Waals surface area contributed by atoms with E-state index in [1.807, 2.05) is 0 Å². The van der Waals surface area contributed by atoms with Gasteiger partial charge in [0.05, 0.1) is 22.9 Å². The number of rotatable bonds is 4. The van der Waals surface area contributed by atoms with E-state index in [0.29, 0.717) is 17.0 Å². The first-order valence-corrected chi connectivity index (χ1v) is 7.91. The van der Waals surface area contributed by atoms with Crippen molar-refractivity contribution in [3.8, 4) is 0 Å². The fourth-order valence-electron chi connectivity index (χ4n) is 3.20. The second-order valence-electron chi connectivity index (χ2n) is 5.96. The first-order valence-electron chi connectivity index (χ1n) is 7.91. The quantitative estimate of drug-likeness (QED) is 0.661. The van der Waals surface area contributed by atoms with Gasteiger partial charge in [-0.15, -0.1) is 0 Å². The molecule has 26 heavy (non-hydrogen) atoms. The largest absolute Gasteiger partial charge is 0.503 e. The molecule has 0 fully saturated rings. The van der Waals surface area contributed by atoms with E-state index in [4.69, 9.17) is 4.42 Å². The molecule has 2 aromatic heterocycles. The molecule has 1 unspecified atom stereocenters. The fraction of sp³-hybridized carbons (Fsp3) is 0.167. The summed E-state index contributed by atoms with van der Waals surface area (Å²) >= 11 is 0. The molecule has 1 amide bonds. The molecule has 0 saturated carbocycles. The minimum atomic E-state index is -0.920. The number of anilines is 1. The van der Waals surface area contributed by atoms with E-state index in [1.165, 1.54) is 18.2 Å². The highest BCUT2D eigenvalue weighted by Crippen LogP contribution is 2.41. The SMILES string of the molecule is CC(=O)C1=C(O)C(=O)N(c2ccc3[nH]cnc3c2)C1c1ccc(CO)o1. The van der Waals surface area contributed by atoms with Gasteiger partial charge in [-0.25, -0.2) is 4.98 Å². The summed E-state index contributed by atoms with van der Waals surface area (Å²) < 4.78 is 5.55. The Morgan fingerprint density at radius 1 is 1.35 bits per heavy atom. The maximum Gasteiger partial charge on any atom is 0.294 e. The van der Waals surface area contributed by atoms with Gasteiger partial charge in [-0.05, 0) is 37.3 Å². The predicted octanol–water partition coefficient (Wildman–Crippen LogP) is 2.14. The van der Waals surface area contributed by atoms with Crippen LogP contribution >= 0.6 is 0 Å². The zero-order chi connectivity index (χ0) is 18.4. The van der Waals surface area contributed by atoms with Gasteiger partial charge in [0, 0.05) is 5.69 Å². The number of carbonyl (C=O) groups is 2. The van der Waals surface area contributed by atoms with Gasteiger partial charge < -0.3 is 19.6 Å². The summed E-state index contributed by atoms with van der Waals surface area (Å²) in [5, 5.41) is 19.5. The monoisotopic (exact) mass is 353 g/mol. The Bertz CT molecular complexity index is 1060. The number of nitrogens with one attached hydrogen (secondary N) is 1. The van der Waals surface area contributed by atoms with Crippen LogP contribution in [0.2, 0.25) is 0 Å². The smallest absolute Gasteiger partial charge is 0.294 e. The van der Waals surface area contributed by atoms with Crippen molar-refractivity contribution in [2.24, 2.45) is 0 Å². The van der Waals surface area contributed by atoms with Crippen molar-refractivity contribution in [1.82, 2.24) is 9.97 Å². The molecule has 0 radical (unpaired) electrons. The third kappa shape index (κ3) is 2.31. The molecule has 8 nitrogen and oxygen atoms in total.